The third kappa shape index (κ3) is 6.09. The van der Waals surface area contributed by atoms with Crippen molar-refractivity contribution in [1.82, 2.24) is 5.32 Å². The van der Waals surface area contributed by atoms with Gasteiger partial charge in [-0.3, -0.25) is 4.79 Å². The summed E-state index contributed by atoms with van der Waals surface area (Å²) < 4.78 is 5.89. The minimum atomic E-state index is -0.471. The number of halogens is 1. The summed E-state index contributed by atoms with van der Waals surface area (Å²) in [6.07, 6.45) is 1.84. The van der Waals surface area contributed by atoms with Crippen molar-refractivity contribution in [2.45, 2.75) is 46.1 Å². The van der Waals surface area contributed by atoms with Crippen LogP contribution in [0, 0.1) is 13.8 Å². The molecule has 0 saturated carbocycles. The first-order chi connectivity index (χ1) is 12.0. The van der Waals surface area contributed by atoms with Gasteiger partial charge in [-0.05, 0) is 68.0 Å². The third-order valence-corrected chi connectivity index (χ3v) is 4.39. The Hall–Kier alpha value is -2.00. The van der Waals surface area contributed by atoms with E-state index < -0.39 is 6.10 Å². The fourth-order valence-electron chi connectivity index (χ4n) is 2.79. The fourth-order valence-corrected chi connectivity index (χ4v) is 3.02. The van der Waals surface area contributed by atoms with E-state index in [9.17, 15) is 4.79 Å². The van der Waals surface area contributed by atoms with Gasteiger partial charge in [0.15, 0.2) is 6.10 Å². The molecule has 0 saturated heterocycles. The van der Waals surface area contributed by atoms with Crippen LogP contribution >= 0.6 is 11.6 Å². The molecule has 0 aliphatic carbocycles. The lowest BCUT2D eigenvalue weighted by Crippen LogP contribution is -2.38. The van der Waals surface area contributed by atoms with E-state index in [4.69, 9.17) is 16.3 Å². The molecule has 4 heteroatoms. The molecule has 2 aromatic rings. The van der Waals surface area contributed by atoms with Crippen LogP contribution in [0.1, 0.15) is 36.5 Å². The number of amides is 1. The summed E-state index contributed by atoms with van der Waals surface area (Å²) in [5, 5.41) is 3.74. The highest BCUT2D eigenvalue weighted by Crippen LogP contribution is 2.19. The van der Waals surface area contributed by atoms with Crippen molar-refractivity contribution in [2.75, 3.05) is 6.54 Å². The molecule has 0 bridgehead atoms. The Morgan fingerprint density at radius 3 is 2.48 bits per heavy atom. The summed E-state index contributed by atoms with van der Waals surface area (Å²) in [6, 6.07) is 13.8. The van der Waals surface area contributed by atoms with Crippen LogP contribution in [0.25, 0.3) is 0 Å². The van der Waals surface area contributed by atoms with Gasteiger partial charge in [-0.15, -0.1) is 0 Å². The van der Waals surface area contributed by atoms with Crippen molar-refractivity contribution in [2.24, 2.45) is 0 Å². The quantitative estimate of drug-likeness (QED) is 0.683. The first kappa shape index (κ1) is 19.3. The van der Waals surface area contributed by atoms with Crippen LogP contribution in [0.4, 0.5) is 0 Å². The normalized spacial score (nSPS) is 11.8. The topological polar surface area (TPSA) is 38.3 Å². The minimum Gasteiger partial charge on any atom is -0.481 e. The zero-order valence-corrected chi connectivity index (χ0v) is 15.9. The molecule has 134 valence electrons. The maximum Gasteiger partial charge on any atom is 0.261 e. The molecule has 1 N–H and O–H groups in total. The van der Waals surface area contributed by atoms with E-state index in [1.54, 1.807) is 0 Å². The smallest absolute Gasteiger partial charge is 0.261 e. The van der Waals surface area contributed by atoms with E-state index in [0.717, 1.165) is 40.3 Å². The highest BCUT2D eigenvalue weighted by atomic mass is 35.5. The molecule has 0 spiro atoms. The highest BCUT2D eigenvalue weighted by molar-refractivity contribution is 6.31. The Bertz CT molecular complexity index is 695. The minimum absolute atomic E-state index is 0.0687. The number of rotatable bonds is 8. The number of ether oxygens (including phenoxy) is 1. The number of benzene rings is 2. The van der Waals surface area contributed by atoms with E-state index in [1.165, 1.54) is 0 Å². The first-order valence-corrected chi connectivity index (χ1v) is 9.13. The van der Waals surface area contributed by atoms with Crippen molar-refractivity contribution >= 4 is 17.5 Å². The lowest BCUT2D eigenvalue weighted by molar-refractivity contribution is -0.128. The van der Waals surface area contributed by atoms with Gasteiger partial charge in [-0.2, -0.15) is 0 Å². The summed E-state index contributed by atoms with van der Waals surface area (Å²) in [6.45, 7) is 6.61. The SMILES string of the molecule is CCC(Oc1cc(C)cc(C)c1)C(=O)NCCCc1ccccc1Cl. The Balaban J connectivity index is 1.82. The fraction of sp³-hybridized carbons (Fsp3) is 0.381. The second kappa shape index (κ2) is 9.47. The van der Waals surface area contributed by atoms with Crippen LogP contribution in [-0.4, -0.2) is 18.6 Å². The Kier molecular flexibility index (Phi) is 7.32. The largest absolute Gasteiger partial charge is 0.481 e. The van der Waals surface area contributed by atoms with Crippen LogP contribution in [-0.2, 0) is 11.2 Å². The van der Waals surface area contributed by atoms with Crippen molar-refractivity contribution in [1.29, 1.82) is 0 Å². The van der Waals surface area contributed by atoms with Crippen LogP contribution < -0.4 is 10.1 Å². The molecule has 0 fully saturated rings. The maximum atomic E-state index is 12.4. The highest BCUT2D eigenvalue weighted by Gasteiger charge is 2.18. The van der Waals surface area contributed by atoms with E-state index >= 15 is 0 Å². The lowest BCUT2D eigenvalue weighted by Gasteiger charge is -2.18. The van der Waals surface area contributed by atoms with Crippen molar-refractivity contribution in [3.63, 3.8) is 0 Å². The summed E-state index contributed by atoms with van der Waals surface area (Å²) in [5.74, 6) is 0.677. The van der Waals surface area contributed by atoms with Crippen LogP contribution in [0.15, 0.2) is 42.5 Å². The van der Waals surface area contributed by atoms with Crippen molar-refractivity contribution in [3.8, 4) is 5.75 Å². The van der Waals surface area contributed by atoms with E-state index in [0.29, 0.717) is 13.0 Å². The number of hydrogen-bond donors (Lipinski definition) is 1. The Morgan fingerprint density at radius 1 is 1.16 bits per heavy atom. The van der Waals surface area contributed by atoms with Crippen molar-refractivity contribution < 1.29 is 9.53 Å². The summed E-state index contributed by atoms with van der Waals surface area (Å²) in [5.41, 5.74) is 3.37. The standard InChI is InChI=1S/C21H26ClNO2/c1-4-20(25-18-13-15(2)12-16(3)14-18)21(24)23-11-7-9-17-8-5-6-10-19(17)22/h5-6,8,10,12-14,20H,4,7,9,11H2,1-3H3,(H,23,24). The average molecular weight is 360 g/mol. The number of aryl methyl sites for hydroxylation is 3. The van der Waals surface area contributed by atoms with Gasteiger partial charge < -0.3 is 10.1 Å². The molecule has 1 atom stereocenters. The maximum absolute atomic E-state index is 12.4. The van der Waals surface area contributed by atoms with Gasteiger partial charge in [0.1, 0.15) is 5.75 Å². The number of carbonyl (C=O) groups excluding carboxylic acids is 1. The Morgan fingerprint density at radius 2 is 1.84 bits per heavy atom. The molecule has 25 heavy (non-hydrogen) atoms. The van der Waals surface area contributed by atoms with E-state index in [2.05, 4.69) is 11.4 Å². The van der Waals surface area contributed by atoms with Gasteiger partial charge in [0.2, 0.25) is 0 Å². The summed E-state index contributed by atoms with van der Waals surface area (Å²) >= 11 is 6.15. The third-order valence-electron chi connectivity index (χ3n) is 4.02. The Labute approximate surface area is 155 Å². The second-order valence-corrected chi connectivity index (χ2v) is 6.73. The van der Waals surface area contributed by atoms with Gasteiger partial charge in [0.25, 0.3) is 5.91 Å². The molecule has 0 heterocycles. The van der Waals surface area contributed by atoms with E-state index in [1.807, 2.05) is 57.2 Å². The van der Waals surface area contributed by atoms with Gasteiger partial charge in [0, 0.05) is 11.6 Å². The predicted molar refractivity (Wildman–Crippen MR) is 103 cm³/mol. The average Bonchev–Trinajstić information content (AvgIpc) is 2.57. The van der Waals surface area contributed by atoms with Gasteiger partial charge >= 0.3 is 0 Å². The molecular formula is C21H26ClNO2. The summed E-state index contributed by atoms with van der Waals surface area (Å²) in [7, 11) is 0. The molecule has 1 unspecified atom stereocenters. The number of hydrogen-bond acceptors (Lipinski definition) is 2. The van der Waals surface area contributed by atoms with Crippen LogP contribution in [0.5, 0.6) is 5.75 Å². The zero-order chi connectivity index (χ0) is 18.2. The molecule has 0 aromatic heterocycles. The molecule has 0 aliphatic rings. The molecule has 0 aliphatic heterocycles. The molecule has 3 nitrogen and oxygen atoms in total. The summed E-state index contributed by atoms with van der Waals surface area (Å²) in [4.78, 5) is 12.4. The van der Waals surface area contributed by atoms with Gasteiger partial charge in [-0.1, -0.05) is 42.8 Å². The van der Waals surface area contributed by atoms with Gasteiger partial charge in [0.05, 0.1) is 0 Å². The second-order valence-electron chi connectivity index (χ2n) is 6.32. The van der Waals surface area contributed by atoms with E-state index in [-0.39, 0.29) is 5.91 Å². The first-order valence-electron chi connectivity index (χ1n) is 8.75. The lowest BCUT2D eigenvalue weighted by atomic mass is 10.1. The molecular weight excluding hydrogens is 334 g/mol. The van der Waals surface area contributed by atoms with Crippen LogP contribution in [0.3, 0.4) is 0 Å². The zero-order valence-electron chi connectivity index (χ0n) is 15.1. The molecule has 1 amide bonds. The number of nitrogens with one attached hydrogen (secondary N) is 1. The number of carbonyl (C=O) groups is 1. The predicted octanol–water partition coefficient (Wildman–Crippen LogP) is 4.86. The monoisotopic (exact) mass is 359 g/mol. The van der Waals surface area contributed by atoms with Gasteiger partial charge in [-0.25, -0.2) is 0 Å². The molecule has 2 rings (SSSR count). The molecule has 0 radical (unpaired) electrons. The van der Waals surface area contributed by atoms with Crippen LogP contribution in [0.2, 0.25) is 5.02 Å². The van der Waals surface area contributed by atoms with Crippen molar-refractivity contribution in [3.05, 3.63) is 64.2 Å². The molecule has 2 aromatic carbocycles.